The molecule has 0 N–H and O–H groups in total. The molecule has 2 unspecified atom stereocenters. The molecule has 5 heteroatoms. The van der Waals surface area contributed by atoms with Crippen molar-refractivity contribution in [3.05, 3.63) is 29.0 Å². The molecule has 1 aromatic carbocycles. The van der Waals surface area contributed by atoms with Gasteiger partial charge in [-0.15, -0.1) is 11.6 Å². The van der Waals surface area contributed by atoms with E-state index in [-0.39, 0.29) is 0 Å². The summed E-state index contributed by atoms with van der Waals surface area (Å²) in [6, 6.07) is 7.13. The summed E-state index contributed by atoms with van der Waals surface area (Å²) in [6.07, 6.45) is 3.80. The maximum atomic E-state index is 6.13. The molecule has 0 radical (unpaired) electrons. The summed E-state index contributed by atoms with van der Waals surface area (Å²) >= 11 is 12.2. The Hall–Kier alpha value is -0.770. The van der Waals surface area contributed by atoms with Crippen LogP contribution in [0.3, 0.4) is 0 Å². The summed E-state index contributed by atoms with van der Waals surface area (Å²) in [4.78, 5) is 7.29. The van der Waals surface area contributed by atoms with Crippen molar-refractivity contribution in [2.45, 2.75) is 37.2 Å². The lowest BCUT2D eigenvalue weighted by Gasteiger charge is -2.23. The van der Waals surface area contributed by atoms with Gasteiger partial charge in [-0.3, -0.25) is 4.90 Å². The number of aromatic nitrogens is 2. The van der Waals surface area contributed by atoms with Crippen molar-refractivity contribution in [3.8, 4) is 0 Å². The molecule has 0 aliphatic carbocycles. The highest BCUT2D eigenvalue weighted by Crippen LogP contribution is 2.39. The molecule has 2 aromatic rings. The van der Waals surface area contributed by atoms with E-state index in [1.54, 1.807) is 0 Å². The van der Waals surface area contributed by atoms with Gasteiger partial charge in [-0.1, -0.05) is 11.6 Å². The third kappa shape index (κ3) is 1.87. The van der Waals surface area contributed by atoms with E-state index in [2.05, 4.69) is 20.5 Å². The summed E-state index contributed by atoms with van der Waals surface area (Å²) in [5, 5.41) is 0.734. The minimum absolute atomic E-state index is 0.454. The van der Waals surface area contributed by atoms with Gasteiger partial charge in [-0.05, 0) is 44.0 Å². The second-order valence-corrected chi connectivity index (χ2v) is 6.47. The smallest absolute Gasteiger partial charge is 0.125 e. The topological polar surface area (TPSA) is 21.1 Å². The van der Waals surface area contributed by atoms with E-state index < -0.39 is 0 Å². The molecule has 0 amide bonds. The second kappa shape index (κ2) is 4.90. The summed E-state index contributed by atoms with van der Waals surface area (Å²) in [5.41, 5.74) is 2.13. The van der Waals surface area contributed by atoms with E-state index in [0.717, 1.165) is 16.4 Å². The number of alkyl halides is 1. The van der Waals surface area contributed by atoms with Crippen LogP contribution >= 0.6 is 23.2 Å². The number of imidazole rings is 1. The van der Waals surface area contributed by atoms with E-state index in [9.17, 15) is 0 Å². The van der Waals surface area contributed by atoms with E-state index in [1.807, 2.05) is 12.1 Å². The molecule has 20 heavy (non-hydrogen) atoms. The van der Waals surface area contributed by atoms with Crippen LogP contribution in [-0.4, -0.2) is 33.6 Å². The molecule has 0 spiro atoms. The summed E-state index contributed by atoms with van der Waals surface area (Å²) < 4.78 is 2.37. The molecule has 2 aliphatic rings. The van der Waals surface area contributed by atoms with E-state index in [1.165, 1.54) is 37.9 Å². The van der Waals surface area contributed by atoms with Crippen molar-refractivity contribution >= 4 is 34.2 Å². The molecular weight excluding hydrogens is 293 g/mol. The van der Waals surface area contributed by atoms with Gasteiger partial charge < -0.3 is 4.57 Å². The zero-order chi connectivity index (χ0) is 13.7. The van der Waals surface area contributed by atoms with Crippen LogP contribution in [0.1, 0.15) is 31.1 Å². The third-order valence-electron chi connectivity index (χ3n) is 4.75. The largest absolute Gasteiger partial charge is 0.322 e. The Balaban J connectivity index is 1.85. The highest BCUT2D eigenvalue weighted by molar-refractivity contribution is 6.31. The predicted molar refractivity (Wildman–Crippen MR) is 82.5 cm³/mol. The molecule has 2 fully saturated rings. The van der Waals surface area contributed by atoms with Gasteiger partial charge in [0.15, 0.2) is 0 Å². The van der Waals surface area contributed by atoms with E-state index >= 15 is 0 Å². The quantitative estimate of drug-likeness (QED) is 0.786. The average Bonchev–Trinajstić information content (AvgIpc) is 3.10. The molecule has 1 aromatic heterocycles. The van der Waals surface area contributed by atoms with Gasteiger partial charge in [0.25, 0.3) is 0 Å². The highest BCUT2D eigenvalue weighted by Gasteiger charge is 2.39. The van der Waals surface area contributed by atoms with E-state index in [0.29, 0.717) is 18.0 Å². The van der Waals surface area contributed by atoms with E-state index in [4.69, 9.17) is 23.2 Å². The van der Waals surface area contributed by atoms with Gasteiger partial charge in [0.2, 0.25) is 0 Å². The fraction of sp³-hybridized carbons (Fsp3) is 0.533. The normalized spacial score (nSPS) is 26.5. The number of benzene rings is 1. The van der Waals surface area contributed by atoms with Crippen molar-refractivity contribution in [2.24, 2.45) is 0 Å². The van der Waals surface area contributed by atoms with Crippen LogP contribution in [0, 0.1) is 0 Å². The number of nitrogens with zero attached hydrogens (tertiary/aromatic N) is 3. The van der Waals surface area contributed by atoms with Gasteiger partial charge in [-0.25, -0.2) is 4.98 Å². The number of hydrogen-bond acceptors (Lipinski definition) is 2. The Kier molecular flexibility index (Phi) is 3.17. The fourth-order valence-corrected chi connectivity index (χ4v) is 4.30. The first-order chi connectivity index (χ1) is 9.78. The lowest BCUT2D eigenvalue weighted by Crippen LogP contribution is -2.28. The van der Waals surface area contributed by atoms with Crippen LogP contribution in [0.5, 0.6) is 0 Å². The first-order valence-corrected chi connectivity index (χ1v) is 8.15. The van der Waals surface area contributed by atoms with Crippen LogP contribution in [-0.2, 0) is 5.88 Å². The molecule has 0 bridgehead atoms. The molecule has 3 nitrogen and oxygen atoms in total. The fourth-order valence-electron chi connectivity index (χ4n) is 3.94. The van der Waals surface area contributed by atoms with Gasteiger partial charge in [0, 0.05) is 17.6 Å². The molecule has 2 saturated heterocycles. The van der Waals surface area contributed by atoms with Gasteiger partial charge >= 0.3 is 0 Å². The average molecular weight is 310 g/mol. The monoisotopic (exact) mass is 309 g/mol. The third-order valence-corrected chi connectivity index (χ3v) is 5.22. The molecule has 0 saturated carbocycles. The Labute approximate surface area is 128 Å². The SMILES string of the molecule is ClCc1nc2cc(Cl)ccc2n1C1CCN2CCCC12. The predicted octanol–water partition coefficient (Wildman–Crippen LogP) is 3.84. The van der Waals surface area contributed by atoms with Crippen molar-refractivity contribution in [1.82, 2.24) is 14.5 Å². The number of rotatable bonds is 2. The maximum Gasteiger partial charge on any atom is 0.125 e. The van der Waals surface area contributed by atoms with Crippen LogP contribution in [0.2, 0.25) is 5.02 Å². The van der Waals surface area contributed by atoms with Crippen molar-refractivity contribution in [1.29, 1.82) is 0 Å². The first kappa shape index (κ1) is 12.9. The van der Waals surface area contributed by atoms with Crippen molar-refractivity contribution in [2.75, 3.05) is 13.1 Å². The van der Waals surface area contributed by atoms with Crippen LogP contribution in [0.15, 0.2) is 18.2 Å². The van der Waals surface area contributed by atoms with Crippen LogP contribution < -0.4 is 0 Å². The summed E-state index contributed by atoms with van der Waals surface area (Å²) in [6.45, 7) is 2.44. The van der Waals surface area contributed by atoms with Crippen molar-refractivity contribution < 1.29 is 0 Å². The Morgan fingerprint density at radius 2 is 2.10 bits per heavy atom. The van der Waals surface area contributed by atoms with Gasteiger partial charge in [-0.2, -0.15) is 0 Å². The Morgan fingerprint density at radius 1 is 1.20 bits per heavy atom. The maximum absolute atomic E-state index is 6.13. The number of fused-ring (bicyclic) bond motifs is 2. The Bertz CT molecular complexity index is 652. The zero-order valence-corrected chi connectivity index (χ0v) is 12.7. The van der Waals surface area contributed by atoms with Crippen LogP contribution in [0.25, 0.3) is 11.0 Å². The minimum atomic E-state index is 0.454. The van der Waals surface area contributed by atoms with Crippen molar-refractivity contribution in [3.63, 3.8) is 0 Å². The molecule has 2 atom stereocenters. The molecular formula is C15H17Cl2N3. The zero-order valence-electron chi connectivity index (χ0n) is 11.2. The van der Waals surface area contributed by atoms with Gasteiger partial charge in [0.1, 0.15) is 5.82 Å². The number of halogens is 2. The number of hydrogen-bond donors (Lipinski definition) is 0. The molecule has 106 valence electrons. The standard InChI is InChI=1S/C15H17Cl2N3/c16-9-15-18-11-8-10(17)3-4-12(11)20(15)14-5-7-19-6-1-2-13(14)19/h3-4,8,13-14H,1-2,5-7,9H2. The Morgan fingerprint density at radius 3 is 2.95 bits per heavy atom. The minimum Gasteiger partial charge on any atom is -0.322 e. The summed E-state index contributed by atoms with van der Waals surface area (Å²) in [5.74, 6) is 1.43. The molecule has 2 aliphatic heterocycles. The lowest BCUT2D eigenvalue weighted by molar-refractivity contribution is 0.290. The second-order valence-electron chi connectivity index (χ2n) is 5.77. The van der Waals surface area contributed by atoms with Gasteiger partial charge in [0.05, 0.1) is 23.0 Å². The lowest BCUT2D eigenvalue weighted by atomic mass is 10.1. The highest BCUT2D eigenvalue weighted by atomic mass is 35.5. The molecule has 3 heterocycles. The summed E-state index contributed by atoms with van der Waals surface area (Å²) in [7, 11) is 0. The first-order valence-electron chi connectivity index (χ1n) is 7.24. The van der Waals surface area contributed by atoms with Crippen LogP contribution in [0.4, 0.5) is 0 Å². The molecule has 4 rings (SSSR count).